The first-order chi connectivity index (χ1) is 12.3. The molecule has 0 saturated carbocycles. The molecule has 7 heteroatoms. The van der Waals surface area contributed by atoms with Crippen molar-refractivity contribution in [3.63, 3.8) is 0 Å². The molecule has 2 aliphatic rings. The van der Waals surface area contributed by atoms with E-state index >= 15 is 0 Å². The third-order valence-electron chi connectivity index (χ3n) is 4.91. The largest absolute Gasteiger partial charge is 0.367 e. The molecule has 1 amide bonds. The van der Waals surface area contributed by atoms with E-state index in [0.29, 0.717) is 18.2 Å². The van der Waals surface area contributed by atoms with Gasteiger partial charge in [0, 0.05) is 63.3 Å². The van der Waals surface area contributed by atoms with E-state index in [1.165, 1.54) is 0 Å². The predicted octanol–water partition coefficient (Wildman–Crippen LogP) is 1.71. The molecule has 1 saturated heterocycles. The first-order valence-corrected chi connectivity index (χ1v) is 8.78. The monoisotopic (exact) mass is 338 g/mol. The van der Waals surface area contributed by atoms with E-state index in [1.54, 1.807) is 19.4 Å². The van der Waals surface area contributed by atoms with Crippen molar-refractivity contribution < 1.29 is 4.79 Å². The molecule has 0 aliphatic carbocycles. The Morgan fingerprint density at radius 3 is 2.60 bits per heavy atom. The summed E-state index contributed by atoms with van der Waals surface area (Å²) in [6.45, 7) is 3.16. The van der Waals surface area contributed by atoms with E-state index in [9.17, 15) is 4.79 Å². The molecule has 2 aromatic rings. The highest BCUT2D eigenvalue weighted by molar-refractivity contribution is 5.94. The minimum absolute atomic E-state index is 0.0317. The second-order valence-electron chi connectivity index (χ2n) is 6.45. The van der Waals surface area contributed by atoms with Gasteiger partial charge in [-0.05, 0) is 25.0 Å². The number of likely N-dealkylation sites (tertiary alicyclic amines) is 1. The van der Waals surface area contributed by atoms with Crippen LogP contribution in [-0.2, 0) is 13.0 Å². The summed E-state index contributed by atoms with van der Waals surface area (Å²) in [6, 6.07) is 3.99. The highest BCUT2D eigenvalue weighted by atomic mass is 16.2. The summed E-state index contributed by atoms with van der Waals surface area (Å²) in [5.41, 5.74) is 3.60. The maximum atomic E-state index is 13.0. The lowest BCUT2D eigenvalue weighted by Crippen LogP contribution is -2.36. The van der Waals surface area contributed by atoms with Gasteiger partial charge in [0.2, 0.25) is 5.95 Å². The van der Waals surface area contributed by atoms with Gasteiger partial charge in [-0.1, -0.05) is 0 Å². The van der Waals surface area contributed by atoms with Crippen molar-refractivity contribution in [2.75, 3.05) is 36.9 Å². The summed E-state index contributed by atoms with van der Waals surface area (Å²) < 4.78 is 0. The van der Waals surface area contributed by atoms with Crippen molar-refractivity contribution in [2.45, 2.75) is 25.8 Å². The van der Waals surface area contributed by atoms with E-state index in [2.05, 4.69) is 25.2 Å². The molecular formula is C18H22N6O. The van der Waals surface area contributed by atoms with E-state index in [-0.39, 0.29) is 5.91 Å². The van der Waals surface area contributed by atoms with Crippen molar-refractivity contribution in [1.82, 2.24) is 19.9 Å². The molecule has 0 unspecified atom stereocenters. The lowest BCUT2D eigenvalue weighted by atomic mass is 10.0. The Hall–Kier alpha value is -2.70. The van der Waals surface area contributed by atoms with Crippen LogP contribution in [0.2, 0.25) is 0 Å². The number of pyridine rings is 1. The molecule has 0 atom stereocenters. The zero-order valence-corrected chi connectivity index (χ0v) is 14.4. The lowest BCUT2D eigenvalue weighted by Gasteiger charge is -2.31. The molecule has 1 N–H and O–H groups in total. The van der Waals surface area contributed by atoms with Crippen LogP contribution in [0.1, 0.15) is 34.6 Å². The molecule has 7 nitrogen and oxygen atoms in total. The highest BCUT2D eigenvalue weighted by Crippen LogP contribution is 2.27. The first-order valence-electron chi connectivity index (χ1n) is 8.78. The van der Waals surface area contributed by atoms with Gasteiger partial charge >= 0.3 is 0 Å². The number of hydrogen-bond donors (Lipinski definition) is 1. The molecule has 2 aromatic heterocycles. The van der Waals surface area contributed by atoms with Crippen LogP contribution in [0.4, 0.5) is 11.6 Å². The van der Waals surface area contributed by atoms with E-state index in [0.717, 1.165) is 55.8 Å². The number of aromatic nitrogens is 3. The fourth-order valence-corrected chi connectivity index (χ4v) is 3.55. The second kappa shape index (κ2) is 6.66. The molecule has 1 fully saturated rings. The van der Waals surface area contributed by atoms with Gasteiger partial charge in [-0.15, -0.1) is 0 Å². The summed E-state index contributed by atoms with van der Waals surface area (Å²) in [7, 11) is 1.79. The molecule has 4 heterocycles. The average molecular weight is 338 g/mol. The zero-order valence-electron chi connectivity index (χ0n) is 14.4. The Kier molecular flexibility index (Phi) is 4.21. The van der Waals surface area contributed by atoms with Gasteiger partial charge in [0.05, 0.1) is 5.69 Å². The fourth-order valence-electron chi connectivity index (χ4n) is 3.55. The number of carbonyl (C=O) groups is 1. The normalized spacial score (nSPS) is 16.7. The van der Waals surface area contributed by atoms with Crippen molar-refractivity contribution in [3.8, 4) is 0 Å². The van der Waals surface area contributed by atoms with Crippen LogP contribution in [0.15, 0.2) is 24.5 Å². The number of rotatable bonds is 3. The Bertz CT molecular complexity index is 773. The van der Waals surface area contributed by atoms with Gasteiger partial charge in [-0.2, -0.15) is 0 Å². The van der Waals surface area contributed by atoms with Gasteiger partial charge in [-0.25, -0.2) is 9.97 Å². The Morgan fingerprint density at radius 2 is 1.88 bits per heavy atom. The van der Waals surface area contributed by atoms with E-state index in [4.69, 9.17) is 0 Å². The molecule has 2 aliphatic heterocycles. The maximum absolute atomic E-state index is 13.0. The number of nitrogens with one attached hydrogen (secondary N) is 1. The van der Waals surface area contributed by atoms with Crippen LogP contribution in [0.25, 0.3) is 0 Å². The van der Waals surface area contributed by atoms with Crippen LogP contribution in [-0.4, -0.2) is 52.4 Å². The number of hydrogen-bond acceptors (Lipinski definition) is 6. The van der Waals surface area contributed by atoms with E-state index < -0.39 is 0 Å². The third-order valence-corrected chi connectivity index (χ3v) is 4.91. The third kappa shape index (κ3) is 3.01. The quantitative estimate of drug-likeness (QED) is 0.918. The number of fused-ring (bicyclic) bond motifs is 1. The van der Waals surface area contributed by atoms with Gasteiger partial charge in [0.15, 0.2) is 0 Å². The van der Waals surface area contributed by atoms with Crippen LogP contribution in [0.5, 0.6) is 0 Å². The standard InChI is InChI=1S/C18H22N6O/c1-19-18-21-15-6-11-24(13-4-7-20-8-5-13)12-14(15)16(22-18)17(25)23-9-2-3-10-23/h4-5,7-8H,2-3,6,9-12H2,1H3,(H,19,21,22). The number of carbonyl (C=O) groups excluding carboxylic acids is 1. The zero-order chi connectivity index (χ0) is 17.2. The first kappa shape index (κ1) is 15.8. The Labute approximate surface area is 147 Å². The van der Waals surface area contributed by atoms with Gasteiger partial charge < -0.3 is 15.1 Å². The second-order valence-corrected chi connectivity index (χ2v) is 6.45. The number of amides is 1. The number of nitrogens with zero attached hydrogens (tertiary/aromatic N) is 5. The predicted molar refractivity (Wildman–Crippen MR) is 95.7 cm³/mol. The summed E-state index contributed by atoms with van der Waals surface area (Å²) in [4.78, 5) is 30.4. The molecular weight excluding hydrogens is 316 g/mol. The SMILES string of the molecule is CNc1nc2c(c(C(=O)N3CCCC3)n1)CN(c1ccncc1)CC2. The molecule has 0 radical (unpaired) electrons. The summed E-state index contributed by atoms with van der Waals surface area (Å²) >= 11 is 0. The molecule has 25 heavy (non-hydrogen) atoms. The van der Waals surface area contributed by atoms with Crippen molar-refractivity contribution >= 4 is 17.5 Å². The van der Waals surface area contributed by atoms with Crippen LogP contribution < -0.4 is 10.2 Å². The molecule has 4 rings (SSSR count). The van der Waals surface area contributed by atoms with Gasteiger partial charge in [-0.3, -0.25) is 9.78 Å². The summed E-state index contributed by atoms with van der Waals surface area (Å²) in [5, 5.41) is 2.99. The van der Waals surface area contributed by atoms with E-state index in [1.807, 2.05) is 17.0 Å². The minimum Gasteiger partial charge on any atom is -0.367 e. The minimum atomic E-state index is 0.0317. The Balaban J connectivity index is 1.71. The summed E-state index contributed by atoms with van der Waals surface area (Å²) in [6.07, 6.45) is 6.53. The molecule has 130 valence electrons. The summed E-state index contributed by atoms with van der Waals surface area (Å²) in [5.74, 6) is 0.558. The highest BCUT2D eigenvalue weighted by Gasteiger charge is 2.29. The van der Waals surface area contributed by atoms with Crippen molar-refractivity contribution in [3.05, 3.63) is 41.5 Å². The topological polar surface area (TPSA) is 74.2 Å². The average Bonchev–Trinajstić information content (AvgIpc) is 3.21. The number of anilines is 2. The van der Waals surface area contributed by atoms with Gasteiger partial charge in [0.25, 0.3) is 5.91 Å². The molecule has 0 bridgehead atoms. The molecule has 0 aromatic carbocycles. The fraction of sp³-hybridized carbons (Fsp3) is 0.444. The van der Waals surface area contributed by atoms with Crippen LogP contribution >= 0.6 is 0 Å². The maximum Gasteiger partial charge on any atom is 0.273 e. The van der Waals surface area contributed by atoms with Crippen LogP contribution in [0, 0.1) is 0 Å². The smallest absolute Gasteiger partial charge is 0.273 e. The van der Waals surface area contributed by atoms with Gasteiger partial charge in [0.1, 0.15) is 5.69 Å². The molecule has 0 spiro atoms. The van der Waals surface area contributed by atoms with Crippen molar-refractivity contribution in [2.24, 2.45) is 0 Å². The Morgan fingerprint density at radius 1 is 1.12 bits per heavy atom. The van der Waals surface area contributed by atoms with Crippen molar-refractivity contribution in [1.29, 1.82) is 0 Å². The van der Waals surface area contributed by atoms with Crippen LogP contribution in [0.3, 0.4) is 0 Å². The lowest BCUT2D eigenvalue weighted by molar-refractivity contribution is 0.0785.